The number of rotatable bonds is 3. The van der Waals surface area contributed by atoms with Gasteiger partial charge in [-0.25, -0.2) is 0 Å². The van der Waals surface area contributed by atoms with Crippen LogP contribution in [0.25, 0.3) is 0 Å². The molecule has 0 amide bonds. The summed E-state index contributed by atoms with van der Waals surface area (Å²) in [5.74, 6) is 6.00. The molecular formula is C9H16N2O. The molecule has 0 atom stereocenters. The van der Waals surface area contributed by atoms with E-state index in [1.807, 2.05) is 19.0 Å². The van der Waals surface area contributed by atoms with Gasteiger partial charge in [-0.1, -0.05) is 11.1 Å². The largest absolute Gasteiger partial charge is 0.411 e. The molecule has 1 N–H and O–H groups in total. The lowest BCUT2D eigenvalue weighted by Crippen LogP contribution is -2.10. The Morgan fingerprint density at radius 1 is 1.42 bits per heavy atom. The van der Waals surface area contributed by atoms with Crippen molar-refractivity contribution >= 4 is 5.71 Å². The highest BCUT2D eigenvalue weighted by Gasteiger charge is 1.87. The Balaban J connectivity index is 3.46. The highest BCUT2D eigenvalue weighted by Crippen LogP contribution is 1.89. The van der Waals surface area contributed by atoms with Crippen LogP contribution in [0, 0.1) is 11.8 Å². The molecule has 0 saturated heterocycles. The molecule has 0 aromatic heterocycles. The maximum atomic E-state index is 8.31. The number of hydrogen-bond acceptors (Lipinski definition) is 3. The fourth-order valence-electron chi connectivity index (χ4n) is 0.596. The summed E-state index contributed by atoms with van der Waals surface area (Å²) in [5, 5.41) is 11.4. The molecule has 68 valence electrons. The molecule has 0 rings (SSSR count). The van der Waals surface area contributed by atoms with Crippen molar-refractivity contribution < 1.29 is 5.21 Å². The summed E-state index contributed by atoms with van der Waals surface area (Å²) in [5.41, 5.74) is 0.731. The molecule has 12 heavy (non-hydrogen) atoms. The van der Waals surface area contributed by atoms with E-state index >= 15 is 0 Å². The summed E-state index contributed by atoms with van der Waals surface area (Å²) in [6.07, 6.45) is 1.51. The third-order valence-corrected chi connectivity index (χ3v) is 1.30. The Morgan fingerprint density at radius 2 is 2.08 bits per heavy atom. The van der Waals surface area contributed by atoms with E-state index in [0.29, 0.717) is 0 Å². The average molecular weight is 168 g/mol. The van der Waals surface area contributed by atoms with E-state index in [9.17, 15) is 0 Å². The average Bonchev–Trinajstić information content (AvgIpc) is 2.03. The van der Waals surface area contributed by atoms with Crippen LogP contribution < -0.4 is 0 Å². The molecule has 0 fully saturated rings. The monoisotopic (exact) mass is 168 g/mol. The van der Waals surface area contributed by atoms with Crippen LogP contribution in [0.2, 0.25) is 0 Å². The van der Waals surface area contributed by atoms with E-state index in [1.165, 1.54) is 0 Å². The second-order valence-electron chi connectivity index (χ2n) is 2.93. The molecule has 0 aliphatic heterocycles. The minimum atomic E-state index is 0.731. The predicted molar refractivity (Wildman–Crippen MR) is 50.5 cm³/mol. The van der Waals surface area contributed by atoms with E-state index in [0.717, 1.165) is 25.1 Å². The molecule has 0 aromatic carbocycles. The van der Waals surface area contributed by atoms with Gasteiger partial charge in [-0.2, -0.15) is 0 Å². The second kappa shape index (κ2) is 6.68. The molecule has 0 saturated carbocycles. The Labute approximate surface area is 74.1 Å². The van der Waals surface area contributed by atoms with Crippen molar-refractivity contribution in [3.8, 4) is 11.8 Å². The number of nitrogens with zero attached hydrogens (tertiary/aromatic N) is 2. The van der Waals surface area contributed by atoms with Gasteiger partial charge in [0.2, 0.25) is 0 Å². The van der Waals surface area contributed by atoms with Crippen LogP contribution in [0.1, 0.15) is 19.8 Å². The minimum absolute atomic E-state index is 0.731. The van der Waals surface area contributed by atoms with Crippen molar-refractivity contribution in [3.63, 3.8) is 0 Å². The van der Waals surface area contributed by atoms with Crippen LogP contribution in [-0.2, 0) is 0 Å². The molecule has 0 unspecified atom stereocenters. The highest BCUT2D eigenvalue weighted by atomic mass is 16.4. The molecule has 0 aliphatic carbocycles. The summed E-state index contributed by atoms with van der Waals surface area (Å²) >= 11 is 0. The lowest BCUT2D eigenvalue weighted by Gasteiger charge is -2.00. The van der Waals surface area contributed by atoms with Crippen LogP contribution in [0.4, 0.5) is 0 Å². The van der Waals surface area contributed by atoms with Crippen LogP contribution >= 0.6 is 0 Å². The molecule has 3 heteroatoms. The van der Waals surface area contributed by atoms with Crippen molar-refractivity contribution in [1.82, 2.24) is 4.90 Å². The molecule has 0 radical (unpaired) electrons. The fourth-order valence-corrected chi connectivity index (χ4v) is 0.596. The van der Waals surface area contributed by atoms with E-state index in [4.69, 9.17) is 5.21 Å². The first-order chi connectivity index (χ1) is 5.66. The first kappa shape index (κ1) is 11.0. The Kier molecular flexibility index (Phi) is 6.12. The first-order valence-electron chi connectivity index (χ1n) is 3.94. The summed E-state index contributed by atoms with van der Waals surface area (Å²) in [6.45, 7) is 2.57. The maximum Gasteiger partial charge on any atom is 0.0596 e. The molecule has 0 heterocycles. The van der Waals surface area contributed by atoms with E-state index in [-0.39, 0.29) is 0 Å². The third kappa shape index (κ3) is 7.10. The summed E-state index contributed by atoms with van der Waals surface area (Å²) in [7, 11) is 3.96. The topological polar surface area (TPSA) is 35.8 Å². The third-order valence-electron chi connectivity index (χ3n) is 1.30. The van der Waals surface area contributed by atoms with Gasteiger partial charge in [0.05, 0.1) is 12.3 Å². The zero-order chi connectivity index (χ0) is 9.40. The van der Waals surface area contributed by atoms with Crippen molar-refractivity contribution in [3.05, 3.63) is 0 Å². The maximum absolute atomic E-state index is 8.31. The van der Waals surface area contributed by atoms with Crippen molar-refractivity contribution in [2.45, 2.75) is 19.8 Å². The predicted octanol–water partition coefficient (Wildman–Crippen LogP) is 1.18. The van der Waals surface area contributed by atoms with Crippen LogP contribution in [0.5, 0.6) is 0 Å². The Morgan fingerprint density at radius 3 is 2.58 bits per heavy atom. The van der Waals surface area contributed by atoms with Gasteiger partial charge in [0.25, 0.3) is 0 Å². The van der Waals surface area contributed by atoms with Crippen molar-refractivity contribution in [1.29, 1.82) is 0 Å². The van der Waals surface area contributed by atoms with Gasteiger partial charge in [0.15, 0.2) is 0 Å². The second-order valence-corrected chi connectivity index (χ2v) is 2.93. The Hall–Kier alpha value is -1.01. The lowest BCUT2D eigenvalue weighted by atomic mass is 10.2. The molecule has 0 aliphatic rings. The van der Waals surface area contributed by atoms with Crippen LogP contribution in [0.3, 0.4) is 0 Å². The lowest BCUT2D eigenvalue weighted by molar-refractivity contribution is 0.317. The molecular weight excluding hydrogens is 152 g/mol. The first-order valence-corrected chi connectivity index (χ1v) is 3.94. The number of hydrogen-bond donors (Lipinski definition) is 1. The van der Waals surface area contributed by atoms with Gasteiger partial charge in [-0.05, 0) is 27.4 Å². The van der Waals surface area contributed by atoms with E-state index in [1.54, 1.807) is 6.92 Å². The summed E-state index contributed by atoms with van der Waals surface area (Å²) in [6, 6.07) is 0. The van der Waals surface area contributed by atoms with Gasteiger partial charge in [0, 0.05) is 6.42 Å². The SMILES string of the molecule is C/C(CCC#CCN(C)C)=N\O. The molecule has 0 bridgehead atoms. The quantitative estimate of drug-likeness (QED) is 0.297. The van der Waals surface area contributed by atoms with Crippen LogP contribution in [0.15, 0.2) is 5.16 Å². The number of oxime groups is 1. The van der Waals surface area contributed by atoms with Gasteiger partial charge in [0.1, 0.15) is 0 Å². The fraction of sp³-hybridized carbons (Fsp3) is 0.667. The summed E-state index contributed by atoms with van der Waals surface area (Å²) < 4.78 is 0. The highest BCUT2D eigenvalue weighted by molar-refractivity contribution is 5.81. The zero-order valence-corrected chi connectivity index (χ0v) is 7.96. The van der Waals surface area contributed by atoms with Gasteiger partial charge in [-0.3, -0.25) is 4.90 Å². The smallest absolute Gasteiger partial charge is 0.0596 e. The Bertz CT molecular complexity index is 198. The summed E-state index contributed by atoms with van der Waals surface area (Å²) in [4.78, 5) is 2.01. The molecule has 0 spiro atoms. The van der Waals surface area contributed by atoms with E-state index < -0.39 is 0 Å². The van der Waals surface area contributed by atoms with Crippen LogP contribution in [-0.4, -0.2) is 36.5 Å². The minimum Gasteiger partial charge on any atom is -0.411 e. The van der Waals surface area contributed by atoms with Gasteiger partial charge < -0.3 is 5.21 Å². The van der Waals surface area contributed by atoms with Gasteiger partial charge >= 0.3 is 0 Å². The van der Waals surface area contributed by atoms with Gasteiger partial charge in [-0.15, -0.1) is 5.92 Å². The van der Waals surface area contributed by atoms with Crippen molar-refractivity contribution in [2.75, 3.05) is 20.6 Å². The zero-order valence-electron chi connectivity index (χ0n) is 7.96. The standard InChI is InChI=1S/C9H16N2O/c1-9(10-12)7-5-4-6-8-11(2)3/h12H,5,7-8H2,1-3H3/b10-9+. The normalized spacial score (nSPS) is 11.2. The van der Waals surface area contributed by atoms with E-state index in [2.05, 4.69) is 17.0 Å². The van der Waals surface area contributed by atoms with Crippen molar-refractivity contribution in [2.24, 2.45) is 5.16 Å². The molecule has 0 aromatic rings. The molecule has 3 nitrogen and oxygen atoms in total.